The average Bonchev–Trinajstić information content (AvgIpc) is 2.64. The zero-order valence-corrected chi connectivity index (χ0v) is 16.1. The molecule has 0 atom stereocenters. The van der Waals surface area contributed by atoms with Gasteiger partial charge in [-0.2, -0.15) is 0 Å². The quantitative estimate of drug-likeness (QED) is 0.412. The Labute approximate surface area is 156 Å². The highest BCUT2D eigenvalue weighted by atomic mass is 16.5. The lowest BCUT2D eigenvalue weighted by molar-refractivity contribution is 0.309. The van der Waals surface area contributed by atoms with Gasteiger partial charge >= 0.3 is 0 Å². The number of para-hydroxylation sites is 1. The standard InChI is InChI=1S/C21H30N4O/c1-4-22-21(25-15-12-19-11-5-6-13-23-19)24-14-8-16-26-20-17(2)9-7-10-18(20)3/h5-7,9-11,13H,4,8,12,14-16H2,1-3H3,(H2,22,24,25). The van der Waals surface area contributed by atoms with Crippen LogP contribution in [-0.4, -0.2) is 37.2 Å². The molecule has 1 aromatic carbocycles. The van der Waals surface area contributed by atoms with Gasteiger partial charge in [0.2, 0.25) is 0 Å². The van der Waals surface area contributed by atoms with Crippen LogP contribution in [0, 0.1) is 13.8 Å². The Hall–Kier alpha value is -2.56. The van der Waals surface area contributed by atoms with E-state index in [0.717, 1.165) is 49.9 Å². The molecule has 0 unspecified atom stereocenters. The Morgan fingerprint density at radius 2 is 1.88 bits per heavy atom. The molecule has 0 amide bonds. The maximum atomic E-state index is 5.93. The summed E-state index contributed by atoms with van der Waals surface area (Å²) >= 11 is 0. The fourth-order valence-electron chi connectivity index (χ4n) is 2.65. The molecule has 0 spiro atoms. The van der Waals surface area contributed by atoms with Gasteiger partial charge in [-0.3, -0.25) is 9.98 Å². The van der Waals surface area contributed by atoms with Gasteiger partial charge < -0.3 is 15.4 Å². The number of guanidine groups is 1. The molecule has 1 aromatic heterocycles. The van der Waals surface area contributed by atoms with Crippen molar-refractivity contribution in [2.75, 3.05) is 26.2 Å². The first-order valence-electron chi connectivity index (χ1n) is 9.31. The number of nitrogens with one attached hydrogen (secondary N) is 2. The molecule has 0 aliphatic rings. The second kappa shape index (κ2) is 11.1. The van der Waals surface area contributed by atoms with Crippen LogP contribution in [0.25, 0.3) is 0 Å². The first-order valence-corrected chi connectivity index (χ1v) is 9.31. The van der Waals surface area contributed by atoms with Crippen molar-refractivity contribution < 1.29 is 4.74 Å². The highest BCUT2D eigenvalue weighted by Crippen LogP contribution is 2.22. The summed E-state index contributed by atoms with van der Waals surface area (Å²) in [6, 6.07) is 12.2. The monoisotopic (exact) mass is 354 g/mol. The molecular weight excluding hydrogens is 324 g/mol. The second-order valence-corrected chi connectivity index (χ2v) is 6.18. The number of benzene rings is 1. The number of aromatic nitrogens is 1. The third-order valence-electron chi connectivity index (χ3n) is 3.97. The van der Waals surface area contributed by atoms with Gasteiger partial charge in [0.1, 0.15) is 5.75 Å². The SMILES string of the molecule is CCNC(=NCCCOc1c(C)cccc1C)NCCc1ccccn1. The fourth-order valence-corrected chi connectivity index (χ4v) is 2.65. The summed E-state index contributed by atoms with van der Waals surface area (Å²) in [5, 5.41) is 6.63. The highest BCUT2D eigenvalue weighted by Gasteiger charge is 2.03. The molecule has 5 nitrogen and oxygen atoms in total. The maximum Gasteiger partial charge on any atom is 0.191 e. The predicted molar refractivity (Wildman–Crippen MR) is 108 cm³/mol. The normalized spacial score (nSPS) is 11.3. The van der Waals surface area contributed by atoms with E-state index in [-0.39, 0.29) is 0 Å². The minimum atomic E-state index is 0.669. The lowest BCUT2D eigenvalue weighted by atomic mass is 10.1. The van der Waals surface area contributed by atoms with E-state index < -0.39 is 0 Å². The van der Waals surface area contributed by atoms with E-state index in [4.69, 9.17) is 4.74 Å². The molecule has 26 heavy (non-hydrogen) atoms. The van der Waals surface area contributed by atoms with Gasteiger partial charge in [-0.1, -0.05) is 24.3 Å². The molecule has 0 saturated carbocycles. The van der Waals surface area contributed by atoms with E-state index in [0.29, 0.717) is 6.61 Å². The average molecular weight is 354 g/mol. The number of pyridine rings is 1. The van der Waals surface area contributed by atoms with Gasteiger partial charge in [-0.15, -0.1) is 0 Å². The Bertz CT molecular complexity index is 665. The molecule has 0 aliphatic carbocycles. The molecule has 0 saturated heterocycles. The Kier molecular flexibility index (Phi) is 8.46. The summed E-state index contributed by atoms with van der Waals surface area (Å²) in [7, 11) is 0. The van der Waals surface area contributed by atoms with Crippen LogP contribution in [0.1, 0.15) is 30.2 Å². The van der Waals surface area contributed by atoms with Gasteiger partial charge in [0.15, 0.2) is 5.96 Å². The third-order valence-corrected chi connectivity index (χ3v) is 3.97. The van der Waals surface area contributed by atoms with Gasteiger partial charge in [0.25, 0.3) is 0 Å². The molecular formula is C21H30N4O. The number of rotatable bonds is 9. The van der Waals surface area contributed by atoms with Gasteiger partial charge in [0, 0.05) is 44.4 Å². The summed E-state index contributed by atoms with van der Waals surface area (Å²) in [5.74, 6) is 1.84. The number of aliphatic imine (C=N–C) groups is 1. The van der Waals surface area contributed by atoms with Gasteiger partial charge in [0.05, 0.1) is 6.61 Å². The Morgan fingerprint density at radius 1 is 1.08 bits per heavy atom. The van der Waals surface area contributed by atoms with Crippen molar-refractivity contribution in [1.29, 1.82) is 0 Å². The van der Waals surface area contributed by atoms with Crippen LogP contribution >= 0.6 is 0 Å². The van der Waals surface area contributed by atoms with E-state index >= 15 is 0 Å². The maximum absolute atomic E-state index is 5.93. The molecule has 0 aliphatic heterocycles. The van der Waals surface area contributed by atoms with Crippen LogP contribution < -0.4 is 15.4 Å². The predicted octanol–water partition coefficient (Wildman–Crippen LogP) is 3.27. The lowest BCUT2D eigenvalue weighted by Crippen LogP contribution is -2.38. The fraction of sp³-hybridized carbons (Fsp3) is 0.429. The summed E-state index contributed by atoms with van der Waals surface area (Å²) in [5.41, 5.74) is 3.44. The van der Waals surface area contributed by atoms with Crippen LogP contribution in [0.3, 0.4) is 0 Å². The lowest BCUT2D eigenvalue weighted by Gasteiger charge is -2.12. The highest BCUT2D eigenvalue weighted by molar-refractivity contribution is 5.79. The van der Waals surface area contributed by atoms with Crippen molar-refractivity contribution in [2.45, 2.75) is 33.6 Å². The molecule has 1 heterocycles. The minimum Gasteiger partial charge on any atom is -0.493 e. The molecule has 0 bridgehead atoms. The van der Waals surface area contributed by atoms with E-state index in [1.807, 2.05) is 24.4 Å². The number of hydrogen-bond acceptors (Lipinski definition) is 3. The zero-order chi connectivity index (χ0) is 18.6. The first kappa shape index (κ1) is 19.8. The van der Waals surface area contributed by atoms with Crippen molar-refractivity contribution in [2.24, 2.45) is 4.99 Å². The molecule has 2 N–H and O–H groups in total. The van der Waals surface area contributed by atoms with Crippen LogP contribution in [0.4, 0.5) is 0 Å². The largest absolute Gasteiger partial charge is 0.493 e. The van der Waals surface area contributed by atoms with Crippen molar-refractivity contribution in [3.8, 4) is 5.75 Å². The van der Waals surface area contributed by atoms with E-state index in [2.05, 4.69) is 59.6 Å². The zero-order valence-electron chi connectivity index (χ0n) is 16.1. The number of ether oxygens (including phenoxy) is 1. The van der Waals surface area contributed by atoms with Crippen molar-refractivity contribution in [3.05, 3.63) is 59.4 Å². The molecule has 5 heteroatoms. The molecule has 2 rings (SSSR count). The van der Waals surface area contributed by atoms with Gasteiger partial charge in [-0.25, -0.2) is 0 Å². The topological polar surface area (TPSA) is 58.5 Å². The van der Waals surface area contributed by atoms with Crippen LogP contribution in [-0.2, 0) is 6.42 Å². The van der Waals surface area contributed by atoms with Crippen LogP contribution in [0.5, 0.6) is 5.75 Å². The van der Waals surface area contributed by atoms with E-state index in [9.17, 15) is 0 Å². The number of aryl methyl sites for hydroxylation is 2. The smallest absolute Gasteiger partial charge is 0.191 e. The van der Waals surface area contributed by atoms with Crippen LogP contribution in [0.15, 0.2) is 47.6 Å². The number of nitrogens with zero attached hydrogens (tertiary/aromatic N) is 2. The van der Waals surface area contributed by atoms with Gasteiger partial charge in [-0.05, 0) is 44.0 Å². The third kappa shape index (κ3) is 6.75. The van der Waals surface area contributed by atoms with Crippen molar-refractivity contribution >= 4 is 5.96 Å². The molecule has 0 radical (unpaired) electrons. The van der Waals surface area contributed by atoms with Crippen molar-refractivity contribution in [1.82, 2.24) is 15.6 Å². The van der Waals surface area contributed by atoms with E-state index in [1.54, 1.807) is 0 Å². The Morgan fingerprint density at radius 3 is 2.58 bits per heavy atom. The van der Waals surface area contributed by atoms with Crippen LogP contribution in [0.2, 0.25) is 0 Å². The summed E-state index contributed by atoms with van der Waals surface area (Å²) < 4.78 is 5.93. The molecule has 2 aromatic rings. The summed E-state index contributed by atoms with van der Waals surface area (Å²) in [4.78, 5) is 8.95. The minimum absolute atomic E-state index is 0.669. The van der Waals surface area contributed by atoms with Crippen molar-refractivity contribution in [3.63, 3.8) is 0 Å². The number of hydrogen-bond donors (Lipinski definition) is 2. The molecule has 140 valence electrons. The first-order chi connectivity index (χ1) is 12.7. The summed E-state index contributed by atoms with van der Waals surface area (Å²) in [6.45, 7) is 9.27. The summed E-state index contributed by atoms with van der Waals surface area (Å²) in [6.07, 6.45) is 3.58. The molecule has 0 fully saturated rings. The second-order valence-electron chi connectivity index (χ2n) is 6.18. The van der Waals surface area contributed by atoms with E-state index in [1.165, 1.54) is 11.1 Å². The Balaban J connectivity index is 1.72.